The number of esters is 1. The summed E-state index contributed by atoms with van der Waals surface area (Å²) in [5, 5.41) is 0. The zero-order chi connectivity index (χ0) is 16.1. The van der Waals surface area contributed by atoms with Crippen LogP contribution in [0.4, 0.5) is 0 Å². The molecular weight excluding hydrogens is 286 g/mol. The summed E-state index contributed by atoms with van der Waals surface area (Å²) >= 11 is 0. The van der Waals surface area contributed by atoms with Crippen molar-refractivity contribution in [1.82, 2.24) is 4.90 Å². The molecule has 6 heteroatoms. The highest BCUT2D eigenvalue weighted by Crippen LogP contribution is 2.26. The zero-order valence-electron chi connectivity index (χ0n) is 13.1. The lowest BCUT2D eigenvalue weighted by Crippen LogP contribution is -2.44. The van der Waals surface area contributed by atoms with Crippen LogP contribution in [-0.2, 0) is 20.9 Å². The SMILES string of the molecule is COC(=O)C1CN(Cc2cc(OC)ccc2OC)CCC1=O. The summed E-state index contributed by atoms with van der Waals surface area (Å²) in [6.07, 6.45) is 0.353. The number of likely N-dealkylation sites (tertiary alicyclic amines) is 1. The molecule has 0 bridgehead atoms. The average Bonchev–Trinajstić information content (AvgIpc) is 2.55. The van der Waals surface area contributed by atoms with E-state index in [1.165, 1.54) is 7.11 Å². The molecule has 1 aromatic rings. The summed E-state index contributed by atoms with van der Waals surface area (Å²) in [6, 6.07) is 5.59. The molecule has 1 unspecified atom stereocenters. The number of carbonyl (C=O) groups excluding carboxylic acids is 2. The number of hydrogen-bond acceptors (Lipinski definition) is 6. The summed E-state index contributed by atoms with van der Waals surface area (Å²) in [4.78, 5) is 25.6. The molecular formula is C16H21NO5. The van der Waals surface area contributed by atoms with Crippen molar-refractivity contribution < 1.29 is 23.8 Å². The molecule has 120 valence electrons. The van der Waals surface area contributed by atoms with Crippen molar-refractivity contribution in [1.29, 1.82) is 0 Å². The quantitative estimate of drug-likeness (QED) is 0.603. The topological polar surface area (TPSA) is 65.1 Å². The van der Waals surface area contributed by atoms with Gasteiger partial charge in [-0.05, 0) is 18.2 Å². The van der Waals surface area contributed by atoms with Gasteiger partial charge in [-0.2, -0.15) is 0 Å². The molecule has 1 aliphatic rings. The van der Waals surface area contributed by atoms with Gasteiger partial charge in [0.2, 0.25) is 0 Å². The fourth-order valence-electron chi connectivity index (χ4n) is 2.63. The molecule has 0 spiro atoms. The Balaban J connectivity index is 2.13. The number of benzene rings is 1. The van der Waals surface area contributed by atoms with Gasteiger partial charge < -0.3 is 14.2 Å². The third-order valence-corrected chi connectivity index (χ3v) is 3.87. The molecule has 0 radical (unpaired) electrons. The third-order valence-electron chi connectivity index (χ3n) is 3.87. The minimum atomic E-state index is -0.699. The van der Waals surface area contributed by atoms with Gasteiger partial charge in [-0.25, -0.2) is 0 Å². The van der Waals surface area contributed by atoms with E-state index in [0.717, 1.165) is 17.1 Å². The van der Waals surface area contributed by atoms with Crippen LogP contribution in [0.25, 0.3) is 0 Å². The van der Waals surface area contributed by atoms with Crippen molar-refractivity contribution in [3.63, 3.8) is 0 Å². The van der Waals surface area contributed by atoms with Crippen molar-refractivity contribution in [2.24, 2.45) is 5.92 Å². The summed E-state index contributed by atoms with van der Waals surface area (Å²) in [7, 11) is 4.53. The zero-order valence-corrected chi connectivity index (χ0v) is 13.1. The highest BCUT2D eigenvalue weighted by molar-refractivity contribution is 5.99. The van der Waals surface area contributed by atoms with Gasteiger partial charge in [-0.15, -0.1) is 0 Å². The maximum absolute atomic E-state index is 11.8. The number of nitrogens with zero attached hydrogens (tertiary/aromatic N) is 1. The van der Waals surface area contributed by atoms with E-state index < -0.39 is 11.9 Å². The van der Waals surface area contributed by atoms with Crippen molar-refractivity contribution in [3.8, 4) is 11.5 Å². The fraction of sp³-hybridized carbons (Fsp3) is 0.500. The van der Waals surface area contributed by atoms with Crippen molar-refractivity contribution >= 4 is 11.8 Å². The number of ketones is 1. The van der Waals surface area contributed by atoms with E-state index in [-0.39, 0.29) is 5.78 Å². The highest BCUT2D eigenvalue weighted by Gasteiger charge is 2.33. The lowest BCUT2D eigenvalue weighted by atomic mass is 9.96. The Hall–Kier alpha value is -2.08. The Morgan fingerprint density at radius 2 is 2.05 bits per heavy atom. The molecule has 0 amide bonds. The summed E-state index contributed by atoms with van der Waals surface area (Å²) in [6.45, 7) is 1.57. The van der Waals surface area contributed by atoms with E-state index in [9.17, 15) is 9.59 Å². The number of hydrogen-bond donors (Lipinski definition) is 0. The first-order valence-electron chi connectivity index (χ1n) is 7.12. The van der Waals surface area contributed by atoms with Crippen LogP contribution in [0.2, 0.25) is 0 Å². The molecule has 0 saturated carbocycles. The largest absolute Gasteiger partial charge is 0.497 e. The van der Waals surface area contributed by atoms with Gasteiger partial charge in [0.15, 0.2) is 0 Å². The number of methoxy groups -OCH3 is 3. The fourth-order valence-corrected chi connectivity index (χ4v) is 2.63. The molecule has 2 rings (SSSR count). The lowest BCUT2D eigenvalue weighted by molar-refractivity contribution is -0.152. The van der Waals surface area contributed by atoms with Crippen LogP contribution in [0.1, 0.15) is 12.0 Å². The Labute approximate surface area is 129 Å². The van der Waals surface area contributed by atoms with Crippen molar-refractivity contribution in [2.45, 2.75) is 13.0 Å². The van der Waals surface area contributed by atoms with Crippen LogP contribution in [-0.4, -0.2) is 51.1 Å². The second-order valence-corrected chi connectivity index (χ2v) is 5.20. The van der Waals surface area contributed by atoms with Gasteiger partial charge in [0, 0.05) is 31.6 Å². The van der Waals surface area contributed by atoms with Gasteiger partial charge in [0.1, 0.15) is 23.2 Å². The number of piperidine rings is 1. The van der Waals surface area contributed by atoms with Gasteiger partial charge in [0.25, 0.3) is 0 Å². The average molecular weight is 307 g/mol. The van der Waals surface area contributed by atoms with Crippen LogP contribution in [0.5, 0.6) is 11.5 Å². The molecule has 1 heterocycles. The third kappa shape index (κ3) is 3.57. The second-order valence-electron chi connectivity index (χ2n) is 5.20. The summed E-state index contributed by atoms with van der Waals surface area (Å²) in [5.74, 6) is 0.282. The minimum absolute atomic E-state index is 0.0549. The monoisotopic (exact) mass is 307 g/mol. The molecule has 0 aromatic heterocycles. The molecule has 1 saturated heterocycles. The van der Waals surface area contributed by atoms with Gasteiger partial charge in [0.05, 0.1) is 21.3 Å². The van der Waals surface area contributed by atoms with E-state index in [2.05, 4.69) is 4.90 Å². The van der Waals surface area contributed by atoms with E-state index >= 15 is 0 Å². The lowest BCUT2D eigenvalue weighted by Gasteiger charge is -2.30. The van der Waals surface area contributed by atoms with Gasteiger partial charge in [-0.3, -0.25) is 14.5 Å². The number of carbonyl (C=O) groups is 2. The second kappa shape index (κ2) is 7.26. The van der Waals surface area contributed by atoms with Crippen molar-refractivity contribution in [3.05, 3.63) is 23.8 Å². The first kappa shape index (κ1) is 16.3. The number of ether oxygens (including phenoxy) is 3. The summed E-state index contributed by atoms with van der Waals surface area (Å²) < 4.78 is 15.3. The minimum Gasteiger partial charge on any atom is -0.497 e. The Bertz CT molecular complexity index is 549. The van der Waals surface area contributed by atoms with Crippen LogP contribution in [0, 0.1) is 5.92 Å². The molecule has 1 fully saturated rings. The standard InChI is InChI=1S/C16H21NO5/c1-20-12-4-5-15(21-2)11(8-12)9-17-7-6-14(18)13(10-17)16(19)22-3/h4-5,8,13H,6-7,9-10H2,1-3H3. The highest BCUT2D eigenvalue weighted by atomic mass is 16.5. The van der Waals surface area contributed by atoms with E-state index in [0.29, 0.717) is 26.1 Å². The number of Topliss-reactive ketones (excluding diaryl/α,β-unsaturated/α-hetero) is 1. The molecule has 6 nitrogen and oxygen atoms in total. The number of rotatable bonds is 5. The van der Waals surface area contributed by atoms with E-state index in [1.54, 1.807) is 14.2 Å². The van der Waals surface area contributed by atoms with Gasteiger partial charge >= 0.3 is 5.97 Å². The van der Waals surface area contributed by atoms with Crippen molar-refractivity contribution in [2.75, 3.05) is 34.4 Å². The molecule has 22 heavy (non-hydrogen) atoms. The molecule has 0 N–H and O–H groups in total. The van der Waals surface area contributed by atoms with Crippen LogP contribution in [0.3, 0.4) is 0 Å². The first-order chi connectivity index (χ1) is 10.6. The molecule has 1 atom stereocenters. The van der Waals surface area contributed by atoms with E-state index in [4.69, 9.17) is 14.2 Å². The first-order valence-corrected chi connectivity index (χ1v) is 7.12. The van der Waals surface area contributed by atoms with E-state index in [1.807, 2.05) is 18.2 Å². The predicted octanol–water partition coefficient (Wildman–Crippen LogP) is 1.27. The Morgan fingerprint density at radius 1 is 1.27 bits per heavy atom. The normalized spacial score (nSPS) is 18.9. The Morgan fingerprint density at radius 3 is 2.68 bits per heavy atom. The molecule has 1 aliphatic heterocycles. The summed E-state index contributed by atoms with van der Waals surface area (Å²) in [5.41, 5.74) is 0.958. The molecule has 0 aliphatic carbocycles. The predicted molar refractivity (Wildman–Crippen MR) is 80.0 cm³/mol. The van der Waals surface area contributed by atoms with Gasteiger partial charge in [-0.1, -0.05) is 0 Å². The van der Waals surface area contributed by atoms with Crippen LogP contribution >= 0.6 is 0 Å². The van der Waals surface area contributed by atoms with Crippen LogP contribution < -0.4 is 9.47 Å². The smallest absolute Gasteiger partial charge is 0.317 e. The van der Waals surface area contributed by atoms with Crippen LogP contribution in [0.15, 0.2) is 18.2 Å². The maximum atomic E-state index is 11.8. The maximum Gasteiger partial charge on any atom is 0.317 e. The molecule has 1 aromatic carbocycles. The Kier molecular flexibility index (Phi) is 5.38.